The van der Waals surface area contributed by atoms with Gasteiger partial charge in [0.05, 0.1) is 0 Å². The highest BCUT2D eigenvalue weighted by molar-refractivity contribution is 6.17. The minimum Gasteiger partial charge on any atom is -0.488 e. The zero-order chi connectivity index (χ0) is 10.6. The average molecular weight is 225 g/mol. The van der Waals surface area contributed by atoms with Crippen molar-refractivity contribution in [2.24, 2.45) is 0 Å². The Morgan fingerprint density at radius 3 is 2.57 bits per heavy atom. The van der Waals surface area contributed by atoms with E-state index in [0.717, 1.165) is 6.07 Å². The number of hydrogen-bond donors (Lipinski definition) is 0. The Labute approximate surface area is 84.4 Å². The molecule has 0 N–H and O–H groups in total. The molecule has 0 bridgehead atoms. The fourth-order valence-electron chi connectivity index (χ4n) is 0.940. The first-order valence-corrected chi connectivity index (χ1v) is 4.41. The van der Waals surface area contributed by atoms with Crippen LogP contribution in [-0.2, 0) is 5.88 Å². The second-order valence-electron chi connectivity index (χ2n) is 2.63. The summed E-state index contributed by atoms with van der Waals surface area (Å²) < 4.78 is 41.0. The number of alkyl halides is 3. The predicted octanol–water partition coefficient (Wildman–Crippen LogP) is 3.21. The lowest BCUT2D eigenvalue weighted by Crippen LogP contribution is -2.07. The summed E-state index contributed by atoms with van der Waals surface area (Å²) in [6.45, 7) is -0.745. The van der Waals surface area contributed by atoms with Crippen LogP contribution in [0.15, 0.2) is 18.2 Å². The van der Waals surface area contributed by atoms with E-state index >= 15 is 0 Å². The average Bonchev–Trinajstić information content (AvgIpc) is 2.14. The zero-order valence-electron chi connectivity index (χ0n) is 7.14. The third-order valence-corrected chi connectivity index (χ3v) is 1.77. The molecule has 0 saturated heterocycles. The molecule has 0 aliphatic heterocycles. The van der Waals surface area contributed by atoms with Crippen LogP contribution in [0.4, 0.5) is 13.2 Å². The van der Waals surface area contributed by atoms with E-state index < -0.39 is 18.8 Å². The van der Waals surface area contributed by atoms with Crippen LogP contribution in [0.3, 0.4) is 0 Å². The topological polar surface area (TPSA) is 9.23 Å². The molecule has 0 heterocycles. The van der Waals surface area contributed by atoms with Crippen LogP contribution in [0.1, 0.15) is 5.56 Å². The molecule has 0 unspecified atom stereocenters. The molecule has 14 heavy (non-hydrogen) atoms. The van der Waals surface area contributed by atoms with Gasteiger partial charge in [-0.2, -0.15) is 0 Å². The SMILES string of the molecule is Fc1cc(CCl)cc(OCC(F)F)c1. The van der Waals surface area contributed by atoms with E-state index in [9.17, 15) is 13.2 Å². The van der Waals surface area contributed by atoms with Gasteiger partial charge in [-0.1, -0.05) is 0 Å². The Morgan fingerprint density at radius 2 is 2.00 bits per heavy atom. The largest absolute Gasteiger partial charge is 0.488 e. The summed E-state index contributed by atoms with van der Waals surface area (Å²) in [6, 6.07) is 3.69. The Bertz CT molecular complexity index is 304. The van der Waals surface area contributed by atoms with Gasteiger partial charge in [-0.05, 0) is 17.7 Å². The monoisotopic (exact) mass is 224 g/mol. The van der Waals surface area contributed by atoms with Gasteiger partial charge >= 0.3 is 0 Å². The van der Waals surface area contributed by atoms with Gasteiger partial charge in [-0.3, -0.25) is 0 Å². The van der Waals surface area contributed by atoms with Crippen LogP contribution in [-0.4, -0.2) is 13.0 Å². The van der Waals surface area contributed by atoms with Gasteiger partial charge in [-0.25, -0.2) is 13.2 Å². The van der Waals surface area contributed by atoms with Crippen molar-refractivity contribution in [1.82, 2.24) is 0 Å². The molecule has 0 aliphatic rings. The second kappa shape index (κ2) is 5.10. The smallest absolute Gasteiger partial charge is 0.272 e. The Morgan fingerprint density at radius 1 is 1.29 bits per heavy atom. The molecule has 1 aromatic carbocycles. The van der Waals surface area contributed by atoms with Gasteiger partial charge in [-0.15, -0.1) is 11.6 Å². The van der Waals surface area contributed by atoms with E-state index in [-0.39, 0.29) is 11.6 Å². The summed E-state index contributed by atoms with van der Waals surface area (Å²) in [6.07, 6.45) is -2.57. The van der Waals surface area contributed by atoms with E-state index in [0.29, 0.717) is 5.56 Å². The first-order chi connectivity index (χ1) is 6.61. The molecular formula is C9H8ClF3O. The maximum absolute atomic E-state index is 12.8. The number of halogens is 4. The highest BCUT2D eigenvalue weighted by Crippen LogP contribution is 2.18. The molecule has 0 atom stereocenters. The highest BCUT2D eigenvalue weighted by atomic mass is 35.5. The van der Waals surface area contributed by atoms with E-state index in [1.54, 1.807) is 0 Å². The van der Waals surface area contributed by atoms with Gasteiger partial charge in [0.2, 0.25) is 0 Å². The molecule has 78 valence electrons. The van der Waals surface area contributed by atoms with Crippen LogP contribution >= 0.6 is 11.6 Å². The molecule has 1 nitrogen and oxygen atoms in total. The number of ether oxygens (including phenoxy) is 1. The molecular weight excluding hydrogens is 217 g/mol. The number of rotatable bonds is 4. The van der Waals surface area contributed by atoms with Crippen molar-refractivity contribution in [2.45, 2.75) is 12.3 Å². The maximum Gasteiger partial charge on any atom is 0.272 e. The zero-order valence-corrected chi connectivity index (χ0v) is 7.90. The minimum atomic E-state index is -2.57. The van der Waals surface area contributed by atoms with Gasteiger partial charge in [0.15, 0.2) is 0 Å². The molecule has 0 aromatic heterocycles. The summed E-state index contributed by atoms with van der Waals surface area (Å²) in [5.41, 5.74) is 0.496. The van der Waals surface area contributed by atoms with Gasteiger partial charge in [0.1, 0.15) is 18.2 Å². The number of benzene rings is 1. The summed E-state index contributed by atoms with van der Waals surface area (Å²) in [5.74, 6) is -0.364. The Hall–Kier alpha value is -0.900. The van der Waals surface area contributed by atoms with E-state index in [2.05, 4.69) is 4.74 Å². The van der Waals surface area contributed by atoms with Gasteiger partial charge < -0.3 is 4.74 Å². The lowest BCUT2D eigenvalue weighted by molar-refractivity contribution is 0.0817. The molecule has 5 heteroatoms. The molecule has 0 aliphatic carbocycles. The Kier molecular flexibility index (Phi) is 4.07. The third kappa shape index (κ3) is 3.46. The normalized spacial score (nSPS) is 10.6. The maximum atomic E-state index is 12.8. The van der Waals surface area contributed by atoms with E-state index in [1.165, 1.54) is 12.1 Å². The minimum absolute atomic E-state index is 0.0703. The van der Waals surface area contributed by atoms with Crippen molar-refractivity contribution >= 4 is 11.6 Å². The lowest BCUT2D eigenvalue weighted by atomic mass is 10.2. The third-order valence-electron chi connectivity index (χ3n) is 1.46. The molecule has 0 radical (unpaired) electrons. The van der Waals surface area contributed by atoms with Crippen LogP contribution in [0.5, 0.6) is 5.75 Å². The van der Waals surface area contributed by atoms with Crippen molar-refractivity contribution in [3.05, 3.63) is 29.6 Å². The van der Waals surface area contributed by atoms with Crippen LogP contribution in [0, 0.1) is 5.82 Å². The summed E-state index contributed by atoms with van der Waals surface area (Å²) >= 11 is 5.46. The molecule has 1 aromatic rings. The molecule has 0 spiro atoms. The quantitative estimate of drug-likeness (QED) is 0.714. The van der Waals surface area contributed by atoms with Crippen LogP contribution in [0.25, 0.3) is 0 Å². The van der Waals surface area contributed by atoms with Crippen molar-refractivity contribution in [3.8, 4) is 5.75 Å². The van der Waals surface area contributed by atoms with Crippen molar-refractivity contribution < 1.29 is 17.9 Å². The first kappa shape index (κ1) is 11.2. The summed E-state index contributed by atoms with van der Waals surface area (Å²) in [7, 11) is 0. The fraction of sp³-hybridized carbons (Fsp3) is 0.333. The van der Waals surface area contributed by atoms with Crippen molar-refractivity contribution in [2.75, 3.05) is 6.61 Å². The van der Waals surface area contributed by atoms with Gasteiger partial charge in [0, 0.05) is 11.9 Å². The fourth-order valence-corrected chi connectivity index (χ4v) is 1.09. The number of hydrogen-bond acceptors (Lipinski definition) is 1. The van der Waals surface area contributed by atoms with E-state index in [1.807, 2.05) is 0 Å². The summed E-state index contributed by atoms with van der Waals surface area (Å²) in [4.78, 5) is 0. The Balaban J connectivity index is 2.71. The van der Waals surface area contributed by atoms with Crippen LogP contribution < -0.4 is 4.74 Å². The first-order valence-electron chi connectivity index (χ1n) is 3.88. The highest BCUT2D eigenvalue weighted by Gasteiger charge is 2.05. The standard InChI is InChI=1S/C9H8ClF3O/c10-4-6-1-7(11)3-8(2-6)14-5-9(12)13/h1-3,9H,4-5H2. The molecule has 0 amide bonds. The predicted molar refractivity (Wildman–Crippen MR) is 47.5 cm³/mol. The van der Waals surface area contributed by atoms with Crippen molar-refractivity contribution in [3.63, 3.8) is 0 Å². The van der Waals surface area contributed by atoms with Gasteiger partial charge in [0.25, 0.3) is 6.43 Å². The van der Waals surface area contributed by atoms with Crippen LogP contribution in [0.2, 0.25) is 0 Å². The molecule has 1 rings (SSSR count). The lowest BCUT2D eigenvalue weighted by Gasteiger charge is -2.06. The van der Waals surface area contributed by atoms with Crippen molar-refractivity contribution in [1.29, 1.82) is 0 Å². The van der Waals surface area contributed by atoms with E-state index in [4.69, 9.17) is 11.6 Å². The molecule has 0 saturated carbocycles. The second-order valence-corrected chi connectivity index (χ2v) is 2.90. The summed E-state index contributed by atoms with van der Waals surface area (Å²) in [5, 5.41) is 0. The molecule has 0 fully saturated rings.